The van der Waals surface area contributed by atoms with E-state index in [1.807, 2.05) is 0 Å². The molecular weight excluding hydrogens is 633 g/mol. The molecule has 6 heteroatoms. The van der Waals surface area contributed by atoms with Gasteiger partial charge in [0.2, 0.25) is 0 Å². The summed E-state index contributed by atoms with van der Waals surface area (Å²) in [6.07, 6.45) is 5.32. The van der Waals surface area contributed by atoms with E-state index in [1.54, 1.807) is 0 Å². The quantitative estimate of drug-likeness (QED) is 0.247. The van der Waals surface area contributed by atoms with Gasteiger partial charge in [-0.25, -0.2) is 0 Å². The van der Waals surface area contributed by atoms with Crippen molar-refractivity contribution in [1.29, 1.82) is 0 Å². The van der Waals surface area contributed by atoms with Gasteiger partial charge < -0.3 is 5.73 Å². The predicted molar refractivity (Wildman–Crippen MR) is 119 cm³/mol. The van der Waals surface area contributed by atoms with Crippen LogP contribution in [-0.4, -0.2) is 24.9 Å². The first-order chi connectivity index (χ1) is 8.29. The number of rotatable bonds is 2. The molecule has 0 aliphatic heterocycles. The number of nitrogen functional groups attached to an aromatic ring is 1. The monoisotopic (exact) mass is 655 g/mol. The van der Waals surface area contributed by atoms with Gasteiger partial charge >= 0.3 is 68.5 Å². The van der Waals surface area contributed by atoms with Crippen LogP contribution < -0.4 is 5.73 Å². The third kappa shape index (κ3) is 12.2. The average molecular weight is 655 g/mol. The van der Waals surface area contributed by atoms with Gasteiger partial charge in [-0.05, 0) is 56.1 Å². The molecule has 0 aliphatic carbocycles. The van der Waals surface area contributed by atoms with E-state index in [0.29, 0.717) is 0 Å². The molecule has 1 aromatic carbocycles. The molecule has 1 nitrogen and oxygen atoms in total. The molecule has 0 aliphatic rings. The van der Waals surface area contributed by atoms with Gasteiger partial charge in [-0.3, -0.25) is 0 Å². The number of hydrogen-bond donors (Lipinski definition) is 1. The molecule has 0 bridgehead atoms. The molecule has 0 atom stereocenters. The van der Waals surface area contributed by atoms with E-state index >= 15 is 0 Å². The Morgan fingerprint density at radius 3 is 1.95 bits per heavy atom. The first kappa shape index (κ1) is 21.0. The van der Waals surface area contributed by atoms with Crippen LogP contribution in [0.5, 0.6) is 0 Å². The molecule has 2 N–H and O–H groups in total. The second kappa shape index (κ2) is 8.56. The zero-order valence-corrected chi connectivity index (χ0v) is 20.6. The van der Waals surface area contributed by atoms with Gasteiger partial charge in [0.25, 0.3) is 0 Å². The van der Waals surface area contributed by atoms with E-state index in [1.165, 1.54) is 16.7 Å². The van der Waals surface area contributed by atoms with Gasteiger partial charge in [0.1, 0.15) is 0 Å². The number of aryl methyl sites for hydroxylation is 2. The molecule has 0 radical (unpaired) electrons. The van der Waals surface area contributed by atoms with Crippen LogP contribution in [0.1, 0.15) is 16.7 Å². The number of benzene rings is 1. The van der Waals surface area contributed by atoms with E-state index < -0.39 is 10.2 Å². The van der Waals surface area contributed by atoms with E-state index in [9.17, 15) is 0 Å². The molecule has 0 saturated heterocycles. The van der Waals surface area contributed by atoms with Crippen molar-refractivity contribution < 1.29 is 3.34 Å². The first-order valence-corrected chi connectivity index (χ1v) is 23.2. The molecule has 0 spiro atoms. The van der Waals surface area contributed by atoms with Crippen molar-refractivity contribution in [2.24, 2.45) is 0 Å². The van der Waals surface area contributed by atoms with E-state index in [2.05, 4.69) is 111 Å². The molecule has 0 fully saturated rings. The third-order valence-electron chi connectivity index (χ3n) is 2.32. The van der Waals surface area contributed by atoms with Crippen LogP contribution in [0.3, 0.4) is 0 Å². The Balaban J connectivity index is 0.000000555. The first-order valence-electron chi connectivity index (χ1n) is 5.65. The molecule has 0 aromatic heterocycles. The summed E-state index contributed by atoms with van der Waals surface area (Å²) >= 11 is 7.23. The molecule has 0 unspecified atom stereocenters. The van der Waals surface area contributed by atoms with Gasteiger partial charge in [0.15, 0.2) is 0 Å². The standard InChI is InChI=1S/C12H20NP.CH2.3HI.V/c1-9-6-10(2)12(13)7-11(9)8-14(3,4)5;;;;;/h6-7H,3,8,13H2,1-2,4-5H3;1H2;3*1H;/q;;;;;+3/p-3. The van der Waals surface area contributed by atoms with E-state index in [0.717, 1.165) is 11.8 Å². The number of anilines is 1. The number of nitrogens with two attached hydrogens (primary N) is 1. The molecule has 1 rings (SSSR count). The fraction of sp³-hybridized carbons (Fsp3) is 0.385. The van der Waals surface area contributed by atoms with Crippen molar-refractivity contribution in [3.8, 4) is 0 Å². The fourth-order valence-corrected chi connectivity index (χ4v) is 2.81. The second-order valence-corrected chi connectivity index (χ2v) is 54.4. The van der Waals surface area contributed by atoms with Crippen LogP contribution in [-0.2, 0) is 9.51 Å². The predicted octanol–water partition coefficient (Wildman–Crippen LogP) is 5.72. The van der Waals surface area contributed by atoms with Crippen LogP contribution in [0.25, 0.3) is 0 Å². The summed E-state index contributed by atoms with van der Waals surface area (Å²) in [5, 5.41) is 3.90. The van der Waals surface area contributed by atoms with Crippen LogP contribution in [0.2, 0.25) is 0 Å². The minimum atomic E-state index is -1.22. The zero-order valence-electron chi connectivity index (χ0n) is 11.9. The summed E-state index contributed by atoms with van der Waals surface area (Å²) in [4.78, 5) is 0. The fourth-order valence-electron chi connectivity index (χ4n) is 1.55. The zero-order chi connectivity index (χ0) is 15.4. The molecule has 1 aromatic rings. The van der Waals surface area contributed by atoms with Crippen molar-refractivity contribution in [2.45, 2.75) is 20.0 Å². The molecular formula is C13H22I3NPV. The van der Waals surface area contributed by atoms with Gasteiger partial charge in [0, 0.05) is 5.69 Å². The molecule has 0 amide bonds. The Hall–Kier alpha value is 1.96. The van der Waals surface area contributed by atoms with Crippen molar-refractivity contribution in [3.63, 3.8) is 0 Å². The van der Waals surface area contributed by atoms with Gasteiger partial charge in [-0.1, -0.05) is 6.07 Å². The number of hydrogen-bond acceptors (Lipinski definition) is 1. The summed E-state index contributed by atoms with van der Waals surface area (Å²) < 4.78 is -1.22. The summed E-state index contributed by atoms with van der Waals surface area (Å²) in [5.74, 6) is 0. The second-order valence-electron chi connectivity index (χ2n) is 5.28. The Morgan fingerprint density at radius 2 is 1.58 bits per heavy atom. The Kier molecular flexibility index (Phi) is 9.44. The molecule has 0 saturated carbocycles. The molecule has 0 heterocycles. The van der Waals surface area contributed by atoms with E-state index in [4.69, 9.17) is 5.73 Å². The Morgan fingerprint density at radius 1 is 1.16 bits per heavy atom. The Labute approximate surface area is 153 Å². The summed E-state index contributed by atoms with van der Waals surface area (Å²) in [5.41, 5.74) is 10.7. The van der Waals surface area contributed by atoms with Crippen molar-refractivity contribution in [2.75, 3.05) is 19.1 Å². The summed E-state index contributed by atoms with van der Waals surface area (Å²) in [6, 6.07) is 4.28. The molecule has 19 heavy (non-hydrogen) atoms. The van der Waals surface area contributed by atoms with Gasteiger partial charge in [-0.2, -0.15) is 0 Å². The van der Waals surface area contributed by atoms with Crippen LogP contribution in [0.4, 0.5) is 5.69 Å². The Bertz CT molecular complexity index is 523. The average Bonchev–Trinajstić information content (AvgIpc) is 2.09. The van der Waals surface area contributed by atoms with Crippen molar-refractivity contribution in [3.05, 3.63) is 28.8 Å². The maximum absolute atomic E-state index is 5.90. The number of halogens is 3. The summed E-state index contributed by atoms with van der Waals surface area (Å²) in [7, 11) is 0. The summed E-state index contributed by atoms with van der Waals surface area (Å²) in [6.45, 7) is 7.70. The topological polar surface area (TPSA) is 26.0 Å². The van der Waals surface area contributed by atoms with Crippen LogP contribution in [0, 0.1) is 13.8 Å². The normalized spacial score (nSPS) is 11.7. The molecule has 110 valence electrons. The third-order valence-corrected chi connectivity index (χ3v) is 3.52. The SMILES string of the molecule is C=P(C)(C)Cc1cc(N)c(C)cc1C.[CH2]=[V]([I])([I])[I]. The van der Waals surface area contributed by atoms with Crippen LogP contribution >= 0.6 is 66.8 Å². The van der Waals surface area contributed by atoms with Crippen molar-refractivity contribution >= 4 is 84.0 Å². The van der Waals surface area contributed by atoms with Crippen LogP contribution in [0.15, 0.2) is 12.1 Å². The van der Waals surface area contributed by atoms with Gasteiger partial charge in [0.05, 0.1) is 0 Å². The van der Waals surface area contributed by atoms with Gasteiger partial charge in [-0.15, -0.1) is 13.2 Å². The minimum absolute atomic E-state index is 0.902. The maximum atomic E-state index is 5.90. The van der Waals surface area contributed by atoms with Crippen molar-refractivity contribution in [1.82, 2.24) is 0 Å². The van der Waals surface area contributed by atoms with E-state index in [-0.39, 0.29) is 0 Å².